The molecule has 0 spiro atoms. The van der Waals surface area contributed by atoms with Gasteiger partial charge in [0.2, 0.25) is 0 Å². The Balaban J connectivity index is 2.96. The Morgan fingerprint density at radius 2 is 2.10 bits per heavy atom. The Labute approximate surface area is 127 Å². The van der Waals surface area contributed by atoms with Gasteiger partial charge >= 0.3 is 0 Å². The first-order valence-electron chi connectivity index (χ1n) is 7.51. The van der Waals surface area contributed by atoms with Crippen molar-refractivity contribution in [2.75, 3.05) is 6.61 Å². The minimum atomic E-state index is -0.0427. The van der Waals surface area contributed by atoms with Crippen LogP contribution in [-0.2, 0) is 0 Å². The molecule has 114 valence electrons. The van der Waals surface area contributed by atoms with E-state index in [4.69, 9.17) is 5.11 Å². The normalized spacial score (nSPS) is 11.7. The Morgan fingerprint density at radius 1 is 1.38 bits per heavy atom. The molecule has 21 heavy (non-hydrogen) atoms. The molecule has 0 saturated heterocycles. The predicted molar refractivity (Wildman–Crippen MR) is 86.1 cm³/mol. The highest BCUT2D eigenvalue weighted by Gasteiger charge is 2.17. The third kappa shape index (κ3) is 4.91. The van der Waals surface area contributed by atoms with Crippen LogP contribution in [0, 0.1) is 24.7 Å². The third-order valence-electron chi connectivity index (χ3n) is 3.60. The number of rotatable bonds is 5. The van der Waals surface area contributed by atoms with Gasteiger partial charge in [0.15, 0.2) is 0 Å². The van der Waals surface area contributed by atoms with Gasteiger partial charge in [-0.1, -0.05) is 38.7 Å². The standard InChI is InChI=1S/C18H25NO2/c1-5-17(13(2)3)19-18(21)16-11-8-10-15(14(16)4)9-6-7-12-20/h8,10-11,13,17,20H,5,7,12H2,1-4H3,(H,19,21). The lowest BCUT2D eigenvalue weighted by Crippen LogP contribution is -2.38. The Bertz CT molecular complexity index is 538. The molecule has 3 heteroatoms. The van der Waals surface area contributed by atoms with E-state index in [1.807, 2.05) is 25.1 Å². The summed E-state index contributed by atoms with van der Waals surface area (Å²) in [5.74, 6) is 6.27. The van der Waals surface area contributed by atoms with Crippen molar-refractivity contribution in [1.29, 1.82) is 0 Å². The van der Waals surface area contributed by atoms with Crippen molar-refractivity contribution in [3.63, 3.8) is 0 Å². The number of benzene rings is 1. The van der Waals surface area contributed by atoms with Gasteiger partial charge in [-0.05, 0) is 37.0 Å². The van der Waals surface area contributed by atoms with E-state index in [9.17, 15) is 4.79 Å². The first-order chi connectivity index (χ1) is 10.0. The molecule has 0 aliphatic carbocycles. The lowest BCUT2D eigenvalue weighted by atomic mass is 9.99. The van der Waals surface area contributed by atoms with Crippen LogP contribution in [0.3, 0.4) is 0 Å². The van der Waals surface area contributed by atoms with Gasteiger partial charge in [0.25, 0.3) is 5.91 Å². The van der Waals surface area contributed by atoms with Crippen molar-refractivity contribution in [3.05, 3.63) is 34.9 Å². The maximum absolute atomic E-state index is 12.4. The molecule has 0 bridgehead atoms. The highest BCUT2D eigenvalue weighted by atomic mass is 16.2. The molecule has 2 N–H and O–H groups in total. The summed E-state index contributed by atoms with van der Waals surface area (Å²) in [6.07, 6.45) is 1.36. The van der Waals surface area contributed by atoms with Crippen molar-refractivity contribution in [2.45, 2.75) is 46.6 Å². The van der Waals surface area contributed by atoms with Crippen LogP contribution < -0.4 is 5.32 Å². The largest absolute Gasteiger partial charge is 0.395 e. The number of aliphatic hydroxyl groups is 1. The van der Waals surface area contributed by atoms with Gasteiger partial charge in [0, 0.05) is 23.6 Å². The number of hydrogen-bond acceptors (Lipinski definition) is 2. The zero-order valence-electron chi connectivity index (χ0n) is 13.4. The van der Waals surface area contributed by atoms with E-state index in [-0.39, 0.29) is 18.6 Å². The van der Waals surface area contributed by atoms with E-state index in [1.165, 1.54) is 0 Å². The molecule has 0 radical (unpaired) electrons. The van der Waals surface area contributed by atoms with Crippen LogP contribution >= 0.6 is 0 Å². The number of hydrogen-bond donors (Lipinski definition) is 2. The van der Waals surface area contributed by atoms with Gasteiger partial charge in [-0.3, -0.25) is 4.79 Å². The first-order valence-corrected chi connectivity index (χ1v) is 7.51. The molecule has 0 aliphatic heterocycles. The molecule has 1 rings (SSSR count). The van der Waals surface area contributed by atoms with Gasteiger partial charge in [0.1, 0.15) is 0 Å². The molecule has 1 aromatic carbocycles. The lowest BCUT2D eigenvalue weighted by molar-refractivity contribution is 0.0924. The number of carbonyl (C=O) groups excluding carboxylic acids is 1. The molecule has 0 aliphatic rings. The van der Waals surface area contributed by atoms with Crippen molar-refractivity contribution in [1.82, 2.24) is 5.32 Å². The number of nitrogens with one attached hydrogen (secondary N) is 1. The number of amides is 1. The minimum absolute atomic E-state index is 0.0427. The van der Waals surface area contributed by atoms with Gasteiger partial charge < -0.3 is 10.4 Å². The summed E-state index contributed by atoms with van der Waals surface area (Å²) in [5, 5.41) is 11.9. The summed E-state index contributed by atoms with van der Waals surface area (Å²) in [7, 11) is 0. The summed E-state index contributed by atoms with van der Waals surface area (Å²) in [5.41, 5.74) is 2.40. The number of aliphatic hydroxyl groups excluding tert-OH is 1. The van der Waals surface area contributed by atoms with E-state index in [0.29, 0.717) is 17.9 Å². The van der Waals surface area contributed by atoms with Gasteiger partial charge in [-0.15, -0.1) is 0 Å². The summed E-state index contributed by atoms with van der Waals surface area (Å²) in [4.78, 5) is 12.4. The average molecular weight is 287 g/mol. The predicted octanol–water partition coefficient (Wildman–Crippen LogP) is 2.89. The van der Waals surface area contributed by atoms with E-state index >= 15 is 0 Å². The van der Waals surface area contributed by atoms with Gasteiger partial charge in [-0.2, -0.15) is 0 Å². The Hall–Kier alpha value is -1.79. The third-order valence-corrected chi connectivity index (χ3v) is 3.60. The van der Waals surface area contributed by atoms with E-state index in [2.05, 4.69) is 37.9 Å². The Kier molecular flexibility index (Phi) is 6.98. The van der Waals surface area contributed by atoms with Crippen molar-refractivity contribution in [2.24, 2.45) is 5.92 Å². The number of carbonyl (C=O) groups is 1. The van der Waals surface area contributed by atoms with Crippen molar-refractivity contribution in [3.8, 4) is 11.8 Å². The topological polar surface area (TPSA) is 49.3 Å². The fourth-order valence-corrected chi connectivity index (χ4v) is 2.22. The molecule has 0 fully saturated rings. The molecule has 1 aromatic rings. The van der Waals surface area contributed by atoms with Gasteiger partial charge in [0.05, 0.1) is 6.61 Å². The highest BCUT2D eigenvalue weighted by molar-refractivity contribution is 5.96. The summed E-state index contributed by atoms with van der Waals surface area (Å²) in [6.45, 7) is 8.26. The highest BCUT2D eigenvalue weighted by Crippen LogP contribution is 2.14. The SMILES string of the molecule is CCC(NC(=O)c1cccc(C#CCCO)c1C)C(C)C. The first kappa shape index (κ1) is 17.3. The molecule has 3 nitrogen and oxygen atoms in total. The van der Waals surface area contributed by atoms with Crippen molar-refractivity contribution >= 4 is 5.91 Å². The second-order valence-corrected chi connectivity index (χ2v) is 5.49. The molecule has 1 unspecified atom stereocenters. The van der Waals surface area contributed by atoms with E-state index in [0.717, 1.165) is 17.5 Å². The Morgan fingerprint density at radius 3 is 2.67 bits per heavy atom. The molecule has 1 amide bonds. The summed E-state index contributed by atoms with van der Waals surface area (Å²) >= 11 is 0. The van der Waals surface area contributed by atoms with Crippen LogP contribution in [0.2, 0.25) is 0 Å². The minimum Gasteiger partial charge on any atom is -0.395 e. The maximum atomic E-state index is 12.4. The molecule has 1 atom stereocenters. The molecular weight excluding hydrogens is 262 g/mol. The quantitative estimate of drug-likeness (QED) is 0.818. The summed E-state index contributed by atoms with van der Waals surface area (Å²) in [6, 6.07) is 5.76. The zero-order chi connectivity index (χ0) is 15.8. The second-order valence-electron chi connectivity index (χ2n) is 5.49. The van der Waals surface area contributed by atoms with Gasteiger partial charge in [-0.25, -0.2) is 0 Å². The van der Waals surface area contributed by atoms with E-state index in [1.54, 1.807) is 0 Å². The second kappa shape index (κ2) is 8.49. The molecule has 0 aromatic heterocycles. The summed E-state index contributed by atoms with van der Waals surface area (Å²) < 4.78 is 0. The molecule has 0 saturated carbocycles. The fraction of sp³-hybridized carbons (Fsp3) is 0.500. The average Bonchev–Trinajstić information content (AvgIpc) is 2.46. The zero-order valence-corrected chi connectivity index (χ0v) is 13.4. The monoisotopic (exact) mass is 287 g/mol. The van der Waals surface area contributed by atoms with E-state index < -0.39 is 0 Å². The van der Waals surface area contributed by atoms with Crippen LogP contribution in [0.4, 0.5) is 0 Å². The van der Waals surface area contributed by atoms with Crippen LogP contribution in [-0.4, -0.2) is 23.7 Å². The molecule has 0 heterocycles. The van der Waals surface area contributed by atoms with Crippen LogP contribution in [0.25, 0.3) is 0 Å². The van der Waals surface area contributed by atoms with Crippen LogP contribution in [0.1, 0.15) is 55.1 Å². The lowest BCUT2D eigenvalue weighted by Gasteiger charge is -2.21. The van der Waals surface area contributed by atoms with Crippen LogP contribution in [0.15, 0.2) is 18.2 Å². The smallest absolute Gasteiger partial charge is 0.251 e. The van der Waals surface area contributed by atoms with Crippen LogP contribution in [0.5, 0.6) is 0 Å². The molecular formula is C18H25NO2. The fourth-order valence-electron chi connectivity index (χ4n) is 2.22. The van der Waals surface area contributed by atoms with Crippen molar-refractivity contribution < 1.29 is 9.90 Å². The maximum Gasteiger partial charge on any atom is 0.251 e.